The van der Waals surface area contributed by atoms with Crippen molar-refractivity contribution in [3.05, 3.63) is 83.4 Å². The molecule has 0 unspecified atom stereocenters. The number of aromatic amines is 2. The monoisotopic (exact) mass is 834 g/mol. The minimum Gasteiger partial charge on any atom is -0.453 e. The molecule has 2 saturated carbocycles. The highest BCUT2D eigenvalue weighted by atomic mass is 16.5. The van der Waals surface area contributed by atoms with E-state index in [1.165, 1.54) is 14.2 Å². The minimum absolute atomic E-state index is 0.103. The number of benzene rings is 4. The SMILES string of the molecule is COC(=O)N[C@H](C(=O)N1C[C@@H]2C[C@@H]2[C@@H]1c1nc2c(ccc3cc(C#Cc4ccc5c(ccc6[nH]c([C@@H]7C[C@H]8C[C@H]8N7C(=O)[C@@H](NC(=O)OC)C(C)C)nc65)c4)ccc32)[nH]1)C(C)C. The zero-order valence-electron chi connectivity index (χ0n) is 35.6. The number of ether oxygens (including phenoxy) is 2. The molecular formula is C48H50N8O6. The minimum atomic E-state index is -0.691. The fourth-order valence-electron chi connectivity index (χ4n) is 10.0. The maximum absolute atomic E-state index is 13.9. The Morgan fingerprint density at radius 2 is 1.24 bits per heavy atom. The van der Waals surface area contributed by atoms with Gasteiger partial charge in [0.1, 0.15) is 23.7 Å². The average Bonchev–Trinajstić information content (AvgIpc) is 3.92. The number of amides is 4. The molecule has 4 heterocycles. The second-order valence-corrected chi connectivity index (χ2v) is 18.2. The van der Waals surface area contributed by atoms with Gasteiger partial charge in [0.05, 0.1) is 48.4 Å². The maximum atomic E-state index is 13.9. The van der Waals surface area contributed by atoms with Crippen molar-refractivity contribution in [1.82, 2.24) is 40.4 Å². The summed E-state index contributed by atoms with van der Waals surface area (Å²) in [5, 5.41) is 9.52. The van der Waals surface area contributed by atoms with Crippen LogP contribution in [0, 0.1) is 41.4 Å². The molecule has 4 amide bonds. The molecule has 2 aliphatic carbocycles. The number of nitrogens with one attached hydrogen (secondary N) is 4. The lowest BCUT2D eigenvalue weighted by molar-refractivity contribution is -0.137. The molecule has 4 aliphatic rings. The van der Waals surface area contributed by atoms with E-state index in [2.05, 4.69) is 68.8 Å². The van der Waals surface area contributed by atoms with Crippen LogP contribution in [0.25, 0.3) is 43.6 Å². The molecule has 4 aromatic carbocycles. The van der Waals surface area contributed by atoms with Crippen LogP contribution in [-0.4, -0.2) is 92.6 Å². The molecule has 6 aromatic rings. The number of methoxy groups -OCH3 is 2. The summed E-state index contributed by atoms with van der Waals surface area (Å²) in [5.74, 6) is 9.02. The van der Waals surface area contributed by atoms with E-state index >= 15 is 0 Å². The van der Waals surface area contributed by atoms with Gasteiger partial charge in [-0.1, -0.05) is 63.8 Å². The first-order chi connectivity index (χ1) is 29.9. The number of fused-ring (bicyclic) bond motifs is 8. The van der Waals surface area contributed by atoms with Crippen LogP contribution in [0.4, 0.5) is 9.59 Å². The van der Waals surface area contributed by atoms with Gasteiger partial charge in [0.15, 0.2) is 0 Å². The number of rotatable bonds is 8. The third kappa shape index (κ3) is 6.84. The first kappa shape index (κ1) is 39.5. The molecule has 8 atom stereocenters. The number of alkyl carbamates (subject to hydrolysis) is 2. The predicted octanol–water partition coefficient (Wildman–Crippen LogP) is 7.09. The van der Waals surface area contributed by atoms with Gasteiger partial charge in [-0.05, 0) is 96.0 Å². The Balaban J connectivity index is 0.883. The van der Waals surface area contributed by atoms with Crippen LogP contribution in [0.2, 0.25) is 0 Å². The third-order valence-corrected chi connectivity index (χ3v) is 13.5. The van der Waals surface area contributed by atoms with Gasteiger partial charge in [-0.2, -0.15) is 0 Å². The van der Waals surface area contributed by atoms with E-state index in [1.54, 1.807) is 0 Å². The van der Waals surface area contributed by atoms with Gasteiger partial charge in [-0.3, -0.25) is 9.59 Å². The number of piperidine rings is 2. The van der Waals surface area contributed by atoms with Crippen molar-refractivity contribution in [3.63, 3.8) is 0 Å². The third-order valence-electron chi connectivity index (χ3n) is 13.5. The quantitative estimate of drug-likeness (QED) is 0.118. The lowest BCUT2D eigenvalue weighted by Crippen LogP contribution is -2.52. The first-order valence-corrected chi connectivity index (χ1v) is 21.6. The van der Waals surface area contributed by atoms with E-state index in [0.717, 1.165) is 85.6 Å². The Hall–Kier alpha value is -6.62. The zero-order valence-corrected chi connectivity index (χ0v) is 35.6. The molecule has 2 saturated heterocycles. The van der Waals surface area contributed by atoms with Crippen molar-refractivity contribution >= 4 is 67.6 Å². The summed E-state index contributed by atoms with van der Waals surface area (Å²) in [7, 11) is 2.61. The summed E-state index contributed by atoms with van der Waals surface area (Å²) in [5.41, 5.74) is 5.26. The summed E-state index contributed by atoms with van der Waals surface area (Å²) in [6.45, 7) is 8.33. The van der Waals surface area contributed by atoms with Crippen LogP contribution in [0.3, 0.4) is 0 Å². The van der Waals surface area contributed by atoms with Crippen LogP contribution < -0.4 is 10.6 Å². The number of imidazole rings is 2. The Kier molecular flexibility index (Phi) is 9.61. The lowest BCUT2D eigenvalue weighted by Gasteiger charge is -2.31. The normalized spacial score (nSPS) is 23.3. The van der Waals surface area contributed by atoms with Crippen LogP contribution >= 0.6 is 0 Å². The number of nitrogens with zero attached hydrogens (tertiary/aromatic N) is 4. The number of carbonyl (C=O) groups is 4. The van der Waals surface area contributed by atoms with E-state index in [0.29, 0.717) is 24.3 Å². The number of carbonyl (C=O) groups excluding carboxylic acids is 4. The Labute approximate surface area is 358 Å². The molecule has 0 spiro atoms. The van der Waals surface area contributed by atoms with Gasteiger partial charge in [-0.15, -0.1) is 0 Å². The number of H-pyrrole nitrogens is 2. The highest BCUT2D eigenvalue weighted by Gasteiger charge is 2.57. The van der Waals surface area contributed by atoms with Gasteiger partial charge >= 0.3 is 12.2 Å². The molecular weight excluding hydrogens is 785 g/mol. The van der Waals surface area contributed by atoms with Gasteiger partial charge < -0.3 is 39.9 Å². The summed E-state index contributed by atoms with van der Waals surface area (Å²) in [6.07, 6.45) is 1.62. The highest BCUT2D eigenvalue weighted by Crippen LogP contribution is 2.56. The van der Waals surface area contributed by atoms with Gasteiger partial charge in [0.25, 0.3) is 0 Å². The Bertz CT molecular complexity index is 2890. The molecule has 4 N–H and O–H groups in total. The second-order valence-electron chi connectivity index (χ2n) is 18.2. The van der Waals surface area contributed by atoms with E-state index in [9.17, 15) is 19.2 Å². The number of hydrogen-bond donors (Lipinski definition) is 4. The smallest absolute Gasteiger partial charge is 0.407 e. The predicted molar refractivity (Wildman–Crippen MR) is 234 cm³/mol. The van der Waals surface area contributed by atoms with Crippen LogP contribution in [0.5, 0.6) is 0 Å². The largest absolute Gasteiger partial charge is 0.453 e. The van der Waals surface area contributed by atoms with Gasteiger partial charge in [-0.25, -0.2) is 19.6 Å². The molecule has 0 bridgehead atoms. The number of hydrogen-bond acceptors (Lipinski definition) is 8. The van der Waals surface area contributed by atoms with Crippen LogP contribution in [0.1, 0.15) is 81.8 Å². The van der Waals surface area contributed by atoms with Gasteiger partial charge in [0.2, 0.25) is 11.8 Å². The van der Waals surface area contributed by atoms with E-state index in [4.69, 9.17) is 19.4 Å². The number of likely N-dealkylation sites (tertiary alicyclic amines) is 2. The molecule has 4 fully saturated rings. The van der Waals surface area contributed by atoms with E-state index in [-0.39, 0.29) is 41.8 Å². The summed E-state index contributed by atoms with van der Waals surface area (Å²) >= 11 is 0. The van der Waals surface area contributed by atoms with E-state index in [1.807, 2.05) is 61.8 Å². The summed E-state index contributed by atoms with van der Waals surface area (Å²) in [6, 6.07) is 18.9. The average molecular weight is 835 g/mol. The van der Waals surface area contributed by atoms with Crippen molar-refractivity contribution in [2.45, 2.75) is 77.2 Å². The fourth-order valence-corrected chi connectivity index (χ4v) is 10.0. The Morgan fingerprint density at radius 3 is 1.81 bits per heavy atom. The molecule has 2 aromatic heterocycles. The fraction of sp³-hybridized carbons (Fsp3) is 0.417. The first-order valence-electron chi connectivity index (χ1n) is 21.6. The van der Waals surface area contributed by atoms with Gasteiger partial charge in [0, 0.05) is 34.5 Å². The molecule has 14 nitrogen and oxygen atoms in total. The zero-order chi connectivity index (χ0) is 43.1. The van der Waals surface area contributed by atoms with Crippen molar-refractivity contribution in [2.24, 2.45) is 29.6 Å². The molecule has 0 radical (unpaired) electrons. The van der Waals surface area contributed by atoms with Crippen molar-refractivity contribution in [1.29, 1.82) is 0 Å². The highest BCUT2D eigenvalue weighted by molar-refractivity contribution is 6.06. The van der Waals surface area contributed by atoms with Crippen molar-refractivity contribution in [3.8, 4) is 11.8 Å². The summed E-state index contributed by atoms with van der Waals surface area (Å²) < 4.78 is 9.64. The maximum Gasteiger partial charge on any atom is 0.407 e. The topological polar surface area (TPSA) is 175 Å². The molecule has 10 rings (SSSR count). The second kappa shape index (κ2) is 15.1. The molecule has 14 heteroatoms. The van der Waals surface area contributed by atoms with Crippen LogP contribution in [-0.2, 0) is 19.1 Å². The van der Waals surface area contributed by atoms with Crippen molar-refractivity contribution in [2.75, 3.05) is 20.8 Å². The van der Waals surface area contributed by atoms with Crippen LogP contribution in [0.15, 0.2) is 60.7 Å². The summed E-state index contributed by atoms with van der Waals surface area (Å²) in [4.78, 5) is 73.1. The van der Waals surface area contributed by atoms with Crippen molar-refractivity contribution < 1.29 is 28.7 Å². The molecule has 62 heavy (non-hydrogen) atoms. The standard InChI is InChI=1S/C48H50N8O6/c1-23(2)38(53-47(59)61-5)45(57)55-22-30-19-33(30)42(55)44-50-35-16-12-28-18-26(10-14-32(28)41(35)52-44)8-7-25-9-13-31-27(17-25)11-15-34-40(31)51-43(49-34)37-21-29-20-36(29)56(37)46(58)39(24(3)4)54-48(60)62-6/h9-18,23-24,29-30,33,36-39,42H,19-22H2,1-6H3,(H,49,51)(H,50,52)(H,53,59)(H,54,60)/t29-,30+,33+,36-,37+,38+,39+,42-/m1/s1. The lowest BCUT2D eigenvalue weighted by atomic mass is 10.0. The number of aromatic nitrogens is 4. The van der Waals surface area contributed by atoms with E-state index < -0.39 is 24.3 Å². The molecule has 2 aliphatic heterocycles. The molecule has 318 valence electrons. The Morgan fingerprint density at radius 1 is 0.694 bits per heavy atom.